The van der Waals surface area contributed by atoms with E-state index >= 15 is 0 Å². The summed E-state index contributed by atoms with van der Waals surface area (Å²) in [5.41, 5.74) is 2.47. The van der Waals surface area contributed by atoms with Crippen LogP contribution in [0.2, 0.25) is 0 Å². The Kier molecular flexibility index (Phi) is 6.06. The van der Waals surface area contributed by atoms with E-state index in [1.807, 2.05) is 30.3 Å². The fourth-order valence-electron chi connectivity index (χ4n) is 3.97. The summed E-state index contributed by atoms with van der Waals surface area (Å²) < 4.78 is 0. The van der Waals surface area contributed by atoms with Crippen molar-refractivity contribution in [2.75, 3.05) is 7.05 Å². The molecule has 2 heteroatoms. The molecule has 3 atom stereocenters. The SMILES string of the molecule is CN1[C@@H](CCc2ccccc2)CCC[C@H]1CC(O)c1ccccc1. The van der Waals surface area contributed by atoms with Crippen LogP contribution in [0.3, 0.4) is 0 Å². The Bertz CT molecular complexity index is 598. The van der Waals surface area contributed by atoms with E-state index in [9.17, 15) is 5.11 Å². The van der Waals surface area contributed by atoms with Crippen molar-refractivity contribution in [2.45, 2.75) is 56.7 Å². The summed E-state index contributed by atoms with van der Waals surface area (Å²) in [6.45, 7) is 0. The predicted molar refractivity (Wildman–Crippen MR) is 100.0 cm³/mol. The molecule has 0 aromatic heterocycles. The van der Waals surface area contributed by atoms with Gasteiger partial charge in [0, 0.05) is 12.1 Å². The fraction of sp³-hybridized carbons (Fsp3) is 0.455. The van der Waals surface area contributed by atoms with Crippen LogP contribution in [-0.4, -0.2) is 29.1 Å². The second-order valence-electron chi connectivity index (χ2n) is 7.09. The van der Waals surface area contributed by atoms with Gasteiger partial charge in [0.05, 0.1) is 6.10 Å². The molecule has 0 saturated carbocycles. The number of nitrogens with zero attached hydrogens (tertiary/aromatic N) is 1. The van der Waals surface area contributed by atoms with Crippen LogP contribution in [0.4, 0.5) is 0 Å². The minimum Gasteiger partial charge on any atom is -0.388 e. The molecule has 1 unspecified atom stereocenters. The molecule has 2 nitrogen and oxygen atoms in total. The molecule has 1 aliphatic heterocycles. The number of aliphatic hydroxyl groups excluding tert-OH is 1. The Hall–Kier alpha value is -1.64. The van der Waals surface area contributed by atoms with E-state index < -0.39 is 0 Å². The van der Waals surface area contributed by atoms with E-state index in [2.05, 4.69) is 42.3 Å². The van der Waals surface area contributed by atoms with Crippen LogP contribution in [0.15, 0.2) is 60.7 Å². The lowest BCUT2D eigenvalue weighted by molar-refractivity contribution is 0.0585. The van der Waals surface area contributed by atoms with Crippen molar-refractivity contribution in [3.63, 3.8) is 0 Å². The first-order chi connectivity index (χ1) is 11.7. The van der Waals surface area contributed by atoms with Gasteiger partial charge in [-0.05, 0) is 50.3 Å². The Morgan fingerprint density at radius 3 is 2.29 bits per heavy atom. The summed E-state index contributed by atoms with van der Waals surface area (Å²) in [7, 11) is 2.25. The zero-order valence-electron chi connectivity index (χ0n) is 14.6. The summed E-state index contributed by atoms with van der Waals surface area (Å²) in [5, 5.41) is 10.6. The summed E-state index contributed by atoms with van der Waals surface area (Å²) in [6.07, 6.45) is 6.58. The maximum atomic E-state index is 10.6. The highest BCUT2D eigenvalue weighted by molar-refractivity contribution is 5.17. The summed E-state index contributed by atoms with van der Waals surface area (Å²) >= 11 is 0. The molecule has 0 amide bonds. The molecule has 1 saturated heterocycles. The molecule has 0 spiro atoms. The normalized spacial score (nSPS) is 23.1. The van der Waals surface area contributed by atoms with Crippen LogP contribution < -0.4 is 0 Å². The molecule has 24 heavy (non-hydrogen) atoms. The summed E-state index contributed by atoms with van der Waals surface area (Å²) in [4.78, 5) is 2.53. The number of hydrogen-bond acceptors (Lipinski definition) is 2. The quantitative estimate of drug-likeness (QED) is 0.840. The average Bonchev–Trinajstić information content (AvgIpc) is 2.64. The minimum absolute atomic E-state index is 0.355. The summed E-state index contributed by atoms with van der Waals surface area (Å²) in [6, 6.07) is 22.0. The molecule has 1 N–H and O–H groups in total. The lowest BCUT2D eigenvalue weighted by Crippen LogP contribution is -2.44. The predicted octanol–water partition coefficient (Wildman–Crippen LogP) is 4.60. The summed E-state index contributed by atoms with van der Waals surface area (Å²) in [5.74, 6) is 0. The molecule has 3 rings (SSSR count). The van der Waals surface area contributed by atoms with Gasteiger partial charge in [-0.2, -0.15) is 0 Å². The van der Waals surface area contributed by atoms with Crippen LogP contribution in [0, 0.1) is 0 Å². The molecule has 2 aromatic carbocycles. The standard InChI is InChI=1S/C22H29NO/c1-23-20(16-15-18-9-4-2-5-10-18)13-8-14-21(23)17-22(24)19-11-6-3-7-12-19/h2-7,9-12,20-22,24H,8,13-17H2,1H3/t20-,21+,22?/m1/s1. The van der Waals surface area contributed by atoms with Crippen molar-refractivity contribution in [3.8, 4) is 0 Å². The smallest absolute Gasteiger partial charge is 0.0805 e. The fourth-order valence-corrected chi connectivity index (χ4v) is 3.97. The van der Waals surface area contributed by atoms with Crippen LogP contribution in [0.1, 0.15) is 49.3 Å². The van der Waals surface area contributed by atoms with Crippen LogP contribution in [0.5, 0.6) is 0 Å². The number of aryl methyl sites for hydroxylation is 1. The van der Waals surface area contributed by atoms with E-state index in [1.165, 1.54) is 31.2 Å². The Balaban J connectivity index is 1.55. The molecular weight excluding hydrogens is 294 g/mol. The minimum atomic E-state index is -0.355. The van der Waals surface area contributed by atoms with E-state index in [0.29, 0.717) is 12.1 Å². The number of benzene rings is 2. The van der Waals surface area contributed by atoms with Crippen molar-refractivity contribution in [1.29, 1.82) is 0 Å². The molecule has 2 aromatic rings. The van der Waals surface area contributed by atoms with Gasteiger partial charge in [0.25, 0.3) is 0 Å². The van der Waals surface area contributed by atoms with Crippen LogP contribution >= 0.6 is 0 Å². The second-order valence-corrected chi connectivity index (χ2v) is 7.09. The monoisotopic (exact) mass is 323 g/mol. The highest BCUT2D eigenvalue weighted by Crippen LogP contribution is 2.30. The highest BCUT2D eigenvalue weighted by Gasteiger charge is 2.29. The third-order valence-corrected chi connectivity index (χ3v) is 5.52. The van der Waals surface area contributed by atoms with Crippen LogP contribution in [0.25, 0.3) is 0 Å². The lowest BCUT2D eigenvalue weighted by atomic mass is 9.88. The van der Waals surface area contributed by atoms with Gasteiger partial charge in [-0.1, -0.05) is 67.1 Å². The third-order valence-electron chi connectivity index (χ3n) is 5.52. The number of rotatable bonds is 6. The zero-order valence-corrected chi connectivity index (χ0v) is 14.6. The Morgan fingerprint density at radius 1 is 0.958 bits per heavy atom. The van der Waals surface area contributed by atoms with Crippen molar-refractivity contribution >= 4 is 0 Å². The van der Waals surface area contributed by atoms with Crippen molar-refractivity contribution < 1.29 is 5.11 Å². The zero-order chi connectivity index (χ0) is 16.8. The van der Waals surface area contributed by atoms with Gasteiger partial charge in [-0.15, -0.1) is 0 Å². The van der Waals surface area contributed by atoms with Gasteiger partial charge in [0.1, 0.15) is 0 Å². The number of likely N-dealkylation sites (tertiary alicyclic amines) is 1. The molecular formula is C22H29NO. The van der Waals surface area contributed by atoms with E-state index in [0.717, 1.165) is 18.4 Å². The van der Waals surface area contributed by atoms with Gasteiger partial charge in [0.2, 0.25) is 0 Å². The van der Waals surface area contributed by atoms with E-state index in [-0.39, 0.29) is 6.10 Å². The van der Waals surface area contributed by atoms with Gasteiger partial charge in [-0.3, -0.25) is 0 Å². The first-order valence-electron chi connectivity index (χ1n) is 9.23. The van der Waals surface area contributed by atoms with Gasteiger partial charge in [-0.25, -0.2) is 0 Å². The van der Waals surface area contributed by atoms with Gasteiger partial charge >= 0.3 is 0 Å². The highest BCUT2D eigenvalue weighted by atomic mass is 16.3. The number of piperidine rings is 1. The van der Waals surface area contributed by atoms with Crippen molar-refractivity contribution in [3.05, 3.63) is 71.8 Å². The number of aliphatic hydroxyl groups is 1. The molecule has 1 fully saturated rings. The first kappa shape index (κ1) is 17.2. The number of hydrogen-bond donors (Lipinski definition) is 1. The largest absolute Gasteiger partial charge is 0.388 e. The van der Waals surface area contributed by atoms with Crippen molar-refractivity contribution in [2.24, 2.45) is 0 Å². The lowest BCUT2D eigenvalue weighted by Gasteiger charge is -2.40. The topological polar surface area (TPSA) is 23.5 Å². The van der Waals surface area contributed by atoms with Crippen molar-refractivity contribution in [1.82, 2.24) is 4.90 Å². The Labute approximate surface area is 146 Å². The third kappa shape index (κ3) is 4.46. The van der Waals surface area contributed by atoms with Gasteiger partial charge in [0.15, 0.2) is 0 Å². The van der Waals surface area contributed by atoms with Crippen LogP contribution in [-0.2, 0) is 6.42 Å². The molecule has 0 radical (unpaired) electrons. The second kappa shape index (κ2) is 8.46. The molecule has 0 bridgehead atoms. The molecule has 128 valence electrons. The average molecular weight is 323 g/mol. The Morgan fingerprint density at radius 2 is 1.58 bits per heavy atom. The van der Waals surface area contributed by atoms with Gasteiger partial charge < -0.3 is 10.0 Å². The molecule has 1 heterocycles. The maximum absolute atomic E-state index is 10.6. The van der Waals surface area contributed by atoms with E-state index in [4.69, 9.17) is 0 Å². The molecule has 1 aliphatic rings. The maximum Gasteiger partial charge on any atom is 0.0805 e. The first-order valence-corrected chi connectivity index (χ1v) is 9.23. The molecule has 0 aliphatic carbocycles. The van der Waals surface area contributed by atoms with E-state index in [1.54, 1.807) is 0 Å².